The van der Waals surface area contributed by atoms with Crippen molar-refractivity contribution in [3.8, 4) is 5.75 Å². The van der Waals surface area contributed by atoms with Crippen LogP contribution < -0.4 is 4.74 Å². The van der Waals surface area contributed by atoms with Crippen LogP contribution in [0.5, 0.6) is 5.75 Å². The number of carbonyl (C=O) groups excluding carboxylic acids is 2. The number of methoxy groups -OCH3 is 1. The standard InChI is InChI=1S/C15H14O3S.C2H6/c1-18-14-6-3-2-5-11(14)12(16)8-9-13(17)15-7-4-10-19-15;1-2/h2-7,10H,8-9H2,1H3;1-2H3. The van der Waals surface area contributed by atoms with E-state index < -0.39 is 0 Å². The zero-order valence-electron chi connectivity index (χ0n) is 12.6. The Hall–Kier alpha value is -1.94. The monoisotopic (exact) mass is 304 g/mol. The number of Topliss-reactive ketones (excluding diaryl/α,β-unsaturated/α-hetero) is 2. The largest absolute Gasteiger partial charge is 0.496 e. The minimum atomic E-state index is -0.0673. The van der Waals surface area contributed by atoms with Crippen LogP contribution >= 0.6 is 11.3 Å². The van der Waals surface area contributed by atoms with Gasteiger partial charge in [-0.1, -0.05) is 32.0 Å². The number of hydrogen-bond acceptors (Lipinski definition) is 4. The number of thiophene rings is 1. The van der Waals surface area contributed by atoms with Crippen LogP contribution in [-0.4, -0.2) is 18.7 Å². The van der Waals surface area contributed by atoms with Crippen LogP contribution in [0.2, 0.25) is 0 Å². The quantitative estimate of drug-likeness (QED) is 0.731. The molecular formula is C17H20O3S. The highest BCUT2D eigenvalue weighted by Crippen LogP contribution is 2.20. The molecule has 0 aliphatic carbocycles. The van der Waals surface area contributed by atoms with E-state index in [0.717, 1.165) is 0 Å². The molecule has 0 N–H and O–H groups in total. The number of benzene rings is 1. The smallest absolute Gasteiger partial charge is 0.173 e. The Balaban J connectivity index is 0.00000106. The van der Waals surface area contributed by atoms with Crippen LogP contribution in [-0.2, 0) is 0 Å². The molecular weight excluding hydrogens is 284 g/mol. The molecule has 3 nitrogen and oxygen atoms in total. The van der Waals surface area contributed by atoms with Gasteiger partial charge in [-0.15, -0.1) is 11.3 Å². The van der Waals surface area contributed by atoms with Crippen molar-refractivity contribution in [2.75, 3.05) is 7.11 Å². The van der Waals surface area contributed by atoms with E-state index in [2.05, 4.69) is 0 Å². The molecule has 0 saturated carbocycles. The van der Waals surface area contributed by atoms with E-state index in [1.165, 1.54) is 18.4 Å². The molecule has 0 unspecified atom stereocenters. The predicted molar refractivity (Wildman–Crippen MR) is 86.6 cm³/mol. The molecule has 1 heterocycles. The lowest BCUT2D eigenvalue weighted by Gasteiger charge is -2.06. The van der Waals surface area contributed by atoms with E-state index >= 15 is 0 Å². The average Bonchev–Trinajstić information content (AvgIpc) is 3.08. The molecule has 2 rings (SSSR count). The Morgan fingerprint density at radius 2 is 1.67 bits per heavy atom. The van der Waals surface area contributed by atoms with E-state index in [0.29, 0.717) is 16.2 Å². The number of ketones is 2. The molecule has 0 spiro atoms. The molecule has 0 aliphatic heterocycles. The SMILES string of the molecule is CC.COc1ccccc1C(=O)CCC(=O)c1cccs1. The van der Waals surface area contributed by atoms with Crippen LogP contribution in [0.25, 0.3) is 0 Å². The van der Waals surface area contributed by atoms with Crippen molar-refractivity contribution < 1.29 is 14.3 Å². The second-order valence-corrected chi connectivity index (χ2v) is 4.97. The zero-order chi connectivity index (χ0) is 15.7. The van der Waals surface area contributed by atoms with Crippen molar-refractivity contribution in [3.63, 3.8) is 0 Å². The van der Waals surface area contributed by atoms with E-state index in [-0.39, 0.29) is 24.4 Å². The first-order valence-corrected chi connectivity index (χ1v) is 7.83. The number of hydrogen-bond donors (Lipinski definition) is 0. The first-order chi connectivity index (χ1) is 10.2. The minimum absolute atomic E-state index is 0.0123. The van der Waals surface area contributed by atoms with Gasteiger partial charge in [-0.05, 0) is 23.6 Å². The number of carbonyl (C=O) groups is 2. The van der Waals surface area contributed by atoms with Gasteiger partial charge in [0.25, 0.3) is 0 Å². The van der Waals surface area contributed by atoms with Gasteiger partial charge in [-0.25, -0.2) is 0 Å². The van der Waals surface area contributed by atoms with Crippen LogP contribution in [0.15, 0.2) is 41.8 Å². The van der Waals surface area contributed by atoms with Crippen LogP contribution in [0.4, 0.5) is 0 Å². The van der Waals surface area contributed by atoms with Crippen LogP contribution in [0, 0.1) is 0 Å². The molecule has 1 aromatic heterocycles. The zero-order valence-corrected chi connectivity index (χ0v) is 13.4. The molecule has 112 valence electrons. The van der Waals surface area contributed by atoms with Gasteiger partial charge >= 0.3 is 0 Å². The average molecular weight is 304 g/mol. The maximum Gasteiger partial charge on any atom is 0.173 e. The van der Waals surface area contributed by atoms with Crippen molar-refractivity contribution in [2.45, 2.75) is 26.7 Å². The van der Waals surface area contributed by atoms with Gasteiger partial charge in [0.1, 0.15) is 5.75 Å². The van der Waals surface area contributed by atoms with E-state index in [9.17, 15) is 9.59 Å². The summed E-state index contributed by atoms with van der Waals surface area (Å²) in [6, 6.07) is 10.7. The van der Waals surface area contributed by atoms with E-state index in [4.69, 9.17) is 4.74 Å². The second kappa shape index (κ2) is 9.08. The van der Waals surface area contributed by atoms with Crippen molar-refractivity contribution in [1.29, 1.82) is 0 Å². The van der Waals surface area contributed by atoms with Gasteiger partial charge in [0.15, 0.2) is 11.6 Å². The Kier molecular flexibility index (Phi) is 7.40. The van der Waals surface area contributed by atoms with Crippen molar-refractivity contribution in [2.24, 2.45) is 0 Å². The third-order valence-electron chi connectivity index (χ3n) is 2.78. The van der Waals surface area contributed by atoms with Gasteiger partial charge < -0.3 is 4.74 Å². The molecule has 0 atom stereocenters. The Labute approximate surface area is 129 Å². The fourth-order valence-electron chi connectivity index (χ4n) is 1.80. The molecule has 0 fully saturated rings. The van der Waals surface area contributed by atoms with Crippen LogP contribution in [0.1, 0.15) is 46.7 Å². The molecule has 0 amide bonds. The first-order valence-electron chi connectivity index (χ1n) is 6.95. The highest BCUT2D eigenvalue weighted by Gasteiger charge is 2.14. The van der Waals surface area contributed by atoms with Crippen molar-refractivity contribution >= 4 is 22.9 Å². The molecule has 0 saturated heterocycles. The van der Waals surface area contributed by atoms with Gasteiger partial charge in [0, 0.05) is 12.8 Å². The molecule has 2 aromatic rings. The molecule has 4 heteroatoms. The second-order valence-electron chi connectivity index (χ2n) is 4.02. The third kappa shape index (κ3) is 4.83. The lowest BCUT2D eigenvalue weighted by molar-refractivity contribution is 0.0918. The predicted octanol–water partition coefficient (Wildman–Crippen LogP) is 4.63. The van der Waals surface area contributed by atoms with Gasteiger partial charge in [-0.2, -0.15) is 0 Å². The summed E-state index contributed by atoms with van der Waals surface area (Å²) in [6.45, 7) is 4.00. The van der Waals surface area contributed by atoms with Gasteiger partial charge in [-0.3, -0.25) is 9.59 Å². The normalized spacial score (nSPS) is 9.48. The van der Waals surface area contributed by atoms with Gasteiger partial charge in [0.2, 0.25) is 0 Å². The van der Waals surface area contributed by atoms with Crippen LogP contribution in [0.3, 0.4) is 0 Å². The van der Waals surface area contributed by atoms with E-state index in [1.807, 2.05) is 31.4 Å². The van der Waals surface area contributed by atoms with Crippen molar-refractivity contribution in [1.82, 2.24) is 0 Å². The summed E-state index contributed by atoms with van der Waals surface area (Å²) in [4.78, 5) is 24.6. The Morgan fingerprint density at radius 3 is 2.29 bits per heavy atom. The summed E-state index contributed by atoms with van der Waals surface area (Å²) in [5, 5.41) is 1.86. The Morgan fingerprint density at radius 1 is 1.00 bits per heavy atom. The summed E-state index contributed by atoms with van der Waals surface area (Å²) in [7, 11) is 1.53. The maximum atomic E-state index is 12.1. The first kappa shape index (κ1) is 17.1. The summed E-state index contributed by atoms with van der Waals surface area (Å²) < 4.78 is 5.14. The van der Waals surface area contributed by atoms with E-state index in [1.54, 1.807) is 24.3 Å². The molecule has 0 bridgehead atoms. The number of ether oxygens (including phenoxy) is 1. The molecule has 21 heavy (non-hydrogen) atoms. The highest BCUT2D eigenvalue weighted by atomic mass is 32.1. The lowest BCUT2D eigenvalue weighted by atomic mass is 10.0. The summed E-state index contributed by atoms with van der Waals surface area (Å²) >= 11 is 1.40. The summed E-state index contributed by atoms with van der Waals surface area (Å²) in [5.41, 5.74) is 0.531. The third-order valence-corrected chi connectivity index (χ3v) is 3.69. The topological polar surface area (TPSA) is 43.4 Å². The fourth-order valence-corrected chi connectivity index (χ4v) is 2.49. The fraction of sp³-hybridized carbons (Fsp3) is 0.294. The van der Waals surface area contributed by atoms with Crippen molar-refractivity contribution in [3.05, 3.63) is 52.2 Å². The van der Waals surface area contributed by atoms with Gasteiger partial charge in [0.05, 0.1) is 17.6 Å². The summed E-state index contributed by atoms with van der Waals surface area (Å²) in [6.07, 6.45) is 0.439. The lowest BCUT2D eigenvalue weighted by Crippen LogP contribution is -2.05. The summed E-state index contributed by atoms with van der Waals surface area (Å²) in [5.74, 6) is 0.497. The molecule has 0 radical (unpaired) electrons. The molecule has 1 aromatic carbocycles. The number of rotatable bonds is 6. The maximum absolute atomic E-state index is 12.1. The minimum Gasteiger partial charge on any atom is -0.496 e. The number of para-hydroxylation sites is 1. The highest BCUT2D eigenvalue weighted by molar-refractivity contribution is 7.12. The molecule has 0 aliphatic rings. The Bertz CT molecular complexity index is 573.